The van der Waals surface area contributed by atoms with E-state index in [0.717, 1.165) is 0 Å². The number of nitro benzene ring substituents is 1. The lowest BCUT2D eigenvalue weighted by Crippen LogP contribution is -2.40. The Bertz CT molecular complexity index is 848. The first-order valence-corrected chi connectivity index (χ1v) is 8.35. The van der Waals surface area contributed by atoms with E-state index in [1.54, 1.807) is 26.0 Å². The molecular formula is C16H15N3O5S. The highest BCUT2D eigenvalue weighted by atomic mass is 32.2. The van der Waals surface area contributed by atoms with E-state index in [9.17, 15) is 19.7 Å². The van der Waals surface area contributed by atoms with Gasteiger partial charge in [-0.2, -0.15) is 0 Å². The van der Waals surface area contributed by atoms with E-state index in [2.05, 4.69) is 4.99 Å². The molecule has 1 fully saturated rings. The number of thioether (sulfide) groups is 1. The molecule has 2 heterocycles. The molecule has 25 heavy (non-hydrogen) atoms. The minimum absolute atomic E-state index is 0.128. The van der Waals surface area contributed by atoms with Crippen molar-refractivity contribution in [2.45, 2.75) is 25.1 Å². The predicted octanol–water partition coefficient (Wildman–Crippen LogP) is 2.42. The first kappa shape index (κ1) is 17.2. The molecule has 130 valence electrons. The molecule has 2 atom stereocenters. The van der Waals surface area contributed by atoms with Gasteiger partial charge in [-0.3, -0.25) is 19.8 Å². The van der Waals surface area contributed by atoms with E-state index in [1.807, 2.05) is 0 Å². The van der Waals surface area contributed by atoms with Gasteiger partial charge < -0.3 is 4.74 Å². The van der Waals surface area contributed by atoms with Crippen LogP contribution in [0.1, 0.15) is 25.5 Å². The summed E-state index contributed by atoms with van der Waals surface area (Å²) >= 11 is 1.27. The summed E-state index contributed by atoms with van der Waals surface area (Å²) < 4.78 is 4.84. The monoisotopic (exact) mass is 361 g/mol. The smallest absolute Gasteiger partial charge is 0.338 e. The zero-order chi connectivity index (χ0) is 18.3. The topological polar surface area (TPSA) is 102 Å². The Balaban J connectivity index is 2.26. The fourth-order valence-corrected chi connectivity index (χ4v) is 3.98. The molecule has 1 aromatic carbocycles. The molecule has 0 radical (unpaired) electrons. The van der Waals surface area contributed by atoms with Crippen LogP contribution in [-0.4, -0.2) is 39.2 Å². The maximum atomic E-state index is 12.6. The predicted molar refractivity (Wildman–Crippen MR) is 91.9 cm³/mol. The Hall–Kier alpha value is -2.68. The molecule has 2 aliphatic heterocycles. The second-order valence-corrected chi connectivity index (χ2v) is 6.88. The number of fused-ring (bicyclic) bond motifs is 1. The van der Waals surface area contributed by atoms with Crippen molar-refractivity contribution in [1.29, 1.82) is 0 Å². The quantitative estimate of drug-likeness (QED) is 0.465. The van der Waals surface area contributed by atoms with Crippen LogP contribution in [0, 0.1) is 10.1 Å². The van der Waals surface area contributed by atoms with Gasteiger partial charge in [0.05, 0.1) is 34.1 Å². The molecule has 8 nitrogen and oxygen atoms in total. The molecule has 1 saturated heterocycles. The summed E-state index contributed by atoms with van der Waals surface area (Å²) in [6.45, 7) is 3.36. The standard InChI is InChI=1S/C16H15N3O5S/c1-8-12(15(21)24-3)13(10-6-4-5-7-11(10)19(22)23)18-14(20)9(2)25-16(18)17-8/h4-7,9,13H,1-3H3/t9-,13-/m0/s1. The van der Waals surface area contributed by atoms with Gasteiger partial charge in [0.1, 0.15) is 6.04 Å². The average Bonchev–Trinajstić information content (AvgIpc) is 2.87. The number of carbonyl (C=O) groups excluding carboxylic acids is 2. The van der Waals surface area contributed by atoms with E-state index in [0.29, 0.717) is 10.9 Å². The highest BCUT2D eigenvalue weighted by Gasteiger charge is 2.47. The Morgan fingerprint density at radius 3 is 2.72 bits per heavy atom. The number of nitrogens with zero attached hydrogens (tertiary/aromatic N) is 3. The third-order valence-electron chi connectivity index (χ3n) is 4.09. The summed E-state index contributed by atoms with van der Waals surface area (Å²) in [4.78, 5) is 41.6. The molecular weight excluding hydrogens is 346 g/mol. The molecule has 1 amide bonds. The number of allylic oxidation sites excluding steroid dienone is 1. The molecule has 2 aliphatic rings. The zero-order valence-electron chi connectivity index (χ0n) is 13.8. The zero-order valence-corrected chi connectivity index (χ0v) is 14.6. The lowest BCUT2D eigenvalue weighted by Gasteiger charge is -2.32. The van der Waals surface area contributed by atoms with E-state index in [4.69, 9.17) is 4.74 Å². The summed E-state index contributed by atoms with van der Waals surface area (Å²) in [7, 11) is 1.22. The van der Waals surface area contributed by atoms with Crippen LogP contribution < -0.4 is 0 Å². The van der Waals surface area contributed by atoms with Gasteiger partial charge in [-0.15, -0.1) is 0 Å². The molecule has 0 saturated carbocycles. The Kier molecular flexibility index (Phi) is 4.34. The Morgan fingerprint density at radius 1 is 1.40 bits per heavy atom. The van der Waals surface area contributed by atoms with Crippen molar-refractivity contribution in [2.24, 2.45) is 4.99 Å². The first-order valence-electron chi connectivity index (χ1n) is 7.47. The van der Waals surface area contributed by atoms with Crippen molar-refractivity contribution in [1.82, 2.24) is 4.90 Å². The van der Waals surface area contributed by atoms with Crippen LogP contribution in [0.5, 0.6) is 0 Å². The molecule has 3 rings (SSSR count). The van der Waals surface area contributed by atoms with Crippen molar-refractivity contribution in [3.63, 3.8) is 0 Å². The van der Waals surface area contributed by atoms with Crippen LogP contribution in [0.15, 0.2) is 40.5 Å². The van der Waals surface area contributed by atoms with E-state index >= 15 is 0 Å². The fraction of sp³-hybridized carbons (Fsp3) is 0.312. The van der Waals surface area contributed by atoms with Gasteiger partial charge in [-0.25, -0.2) is 9.79 Å². The summed E-state index contributed by atoms with van der Waals surface area (Å²) in [5, 5.41) is 11.5. The number of ether oxygens (including phenoxy) is 1. The number of carbonyl (C=O) groups is 2. The average molecular weight is 361 g/mol. The van der Waals surface area contributed by atoms with Gasteiger partial charge in [0, 0.05) is 6.07 Å². The minimum atomic E-state index is -0.938. The van der Waals surface area contributed by atoms with Crippen LogP contribution in [0.4, 0.5) is 5.69 Å². The molecule has 0 bridgehead atoms. The van der Waals surface area contributed by atoms with Gasteiger partial charge in [-0.05, 0) is 19.9 Å². The largest absolute Gasteiger partial charge is 0.466 e. The molecule has 0 unspecified atom stereocenters. The number of nitro groups is 1. The number of amides is 1. The number of benzene rings is 1. The summed E-state index contributed by atoms with van der Waals surface area (Å²) in [5.41, 5.74) is 0.599. The van der Waals surface area contributed by atoms with Crippen molar-refractivity contribution < 1.29 is 19.2 Å². The van der Waals surface area contributed by atoms with Gasteiger partial charge in [0.25, 0.3) is 5.69 Å². The van der Waals surface area contributed by atoms with Gasteiger partial charge >= 0.3 is 5.97 Å². The SMILES string of the molecule is COC(=O)C1=C(C)N=C2S[C@@H](C)C(=O)N2[C@H]1c1ccccc1[N+](=O)[O-]. The third kappa shape index (κ3) is 2.70. The summed E-state index contributed by atoms with van der Waals surface area (Å²) in [6, 6.07) is 5.13. The number of aliphatic imine (C=N–C) groups is 1. The maximum absolute atomic E-state index is 12.6. The van der Waals surface area contributed by atoms with Gasteiger partial charge in [-0.1, -0.05) is 23.9 Å². The number of rotatable bonds is 3. The number of methoxy groups -OCH3 is 1. The van der Waals surface area contributed by atoms with Crippen molar-refractivity contribution in [3.8, 4) is 0 Å². The minimum Gasteiger partial charge on any atom is -0.466 e. The molecule has 9 heteroatoms. The van der Waals surface area contributed by atoms with Crippen molar-refractivity contribution in [3.05, 3.63) is 51.2 Å². The number of hydrogen-bond acceptors (Lipinski definition) is 7. The molecule has 0 aliphatic carbocycles. The van der Waals surface area contributed by atoms with Crippen LogP contribution in [0.2, 0.25) is 0 Å². The molecule has 0 aromatic heterocycles. The van der Waals surface area contributed by atoms with Crippen LogP contribution in [0.3, 0.4) is 0 Å². The molecule has 0 N–H and O–H groups in total. The van der Waals surface area contributed by atoms with Gasteiger partial charge in [0.15, 0.2) is 5.17 Å². The third-order valence-corrected chi connectivity index (χ3v) is 5.15. The Morgan fingerprint density at radius 2 is 2.08 bits per heavy atom. The highest BCUT2D eigenvalue weighted by Crippen LogP contribution is 2.45. The molecule has 0 spiro atoms. The second-order valence-electron chi connectivity index (χ2n) is 5.57. The lowest BCUT2D eigenvalue weighted by molar-refractivity contribution is -0.385. The van der Waals surface area contributed by atoms with E-state index < -0.39 is 16.9 Å². The van der Waals surface area contributed by atoms with E-state index in [-0.39, 0.29) is 28.0 Å². The van der Waals surface area contributed by atoms with Gasteiger partial charge in [0.2, 0.25) is 5.91 Å². The second kappa shape index (κ2) is 6.32. The number of esters is 1. The summed E-state index contributed by atoms with van der Waals surface area (Å²) in [5.74, 6) is -0.915. The maximum Gasteiger partial charge on any atom is 0.338 e. The van der Waals surface area contributed by atoms with E-state index in [1.165, 1.54) is 35.9 Å². The lowest BCUT2D eigenvalue weighted by atomic mass is 9.93. The number of para-hydroxylation sites is 1. The van der Waals surface area contributed by atoms with Crippen LogP contribution in [-0.2, 0) is 14.3 Å². The van der Waals surface area contributed by atoms with Crippen LogP contribution in [0.25, 0.3) is 0 Å². The number of amidine groups is 1. The number of hydrogen-bond donors (Lipinski definition) is 0. The summed E-state index contributed by atoms with van der Waals surface area (Å²) in [6.07, 6.45) is 0. The van der Waals surface area contributed by atoms with Crippen molar-refractivity contribution in [2.75, 3.05) is 7.11 Å². The Labute approximate surface area is 147 Å². The van der Waals surface area contributed by atoms with Crippen molar-refractivity contribution >= 4 is 34.5 Å². The first-order chi connectivity index (χ1) is 11.9. The molecule has 1 aromatic rings. The highest BCUT2D eigenvalue weighted by molar-refractivity contribution is 8.15. The fourth-order valence-electron chi connectivity index (χ4n) is 2.95. The normalized spacial score (nSPS) is 22.6. The van der Waals surface area contributed by atoms with Crippen LogP contribution >= 0.6 is 11.8 Å².